The van der Waals surface area contributed by atoms with Gasteiger partial charge in [0.25, 0.3) is 5.91 Å². The summed E-state index contributed by atoms with van der Waals surface area (Å²) in [6.07, 6.45) is 4.78. The Labute approximate surface area is 133 Å². The number of aryl methyl sites for hydroxylation is 1. The third kappa shape index (κ3) is 3.66. The molecule has 3 heterocycles. The van der Waals surface area contributed by atoms with Gasteiger partial charge in [-0.15, -0.1) is 10.2 Å². The van der Waals surface area contributed by atoms with Crippen molar-refractivity contribution in [3.8, 4) is 0 Å². The standard InChI is InChI=1S/C14H20N6O3/c21-12(6-5-9-13(22)17-14(23)16-9)15-8-11-19-18-10-4-2-1-3-7-20(10)11/h9H,1-8H2,(H,15,21)(H2,16,17,22,23). The van der Waals surface area contributed by atoms with Crippen molar-refractivity contribution < 1.29 is 14.4 Å². The summed E-state index contributed by atoms with van der Waals surface area (Å²) < 4.78 is 2.08. The molecule has 2 aliphatic heterocycles. The Hall–Kier alpha value is -2.45. The molecule has 0 bridgehead atoms. The lowest BCUT2D eigenvalue weighted by atomic mass is 10.1. The molecule has 0 saturated carbocycles. The number of imide groups is 1. The van der Waals surface area contributed by atoms with Gasteiger partial charge in [-0.3, -0.25) is 14.9 Å². The van der Waals surface area contributed by atoms with E-state index >= 15 is 0 Å². The molecule has 0 spiro atoms. The van der Waals surface area contributed by atoms with Gasteiger partial charge in [0.05, 0.1) is 6.54 Å². The number of urea groups is 1. The van der Waals surface area contributed by atoms with Crippen molar-refractivity contribution >= 4 is 17.8 Å². The van der Waals surface area contributed by atoms with Crippen LogP contribution in [-0.2, 0) is 29.1 Å². The number of fused-ring (bicyclic) bond motifs is 1. The van der Waals surface area contributed by atoms with E-state index in [9.17, 15) is 14.4 Å². The van der Waals surface area contributed by atoms with Gasteiger partial charge >= 0.3 is 6.03 Å². The highest BCUT2D eigenvalue weighted by atomic mass is 16.2. The van der Waals surface area contributed by atoms with Crippen LogP contribution in [0, 0.1) is 0 Å². The summed E-state index contributed by atoms with van der Waals surface area (Å²) in [5.74, 6) is 1.19. The predicted octanol–water partition coefficient (Wildman–Crippen LogP) is -0.391. The predicted molar refractivity (Wildman–Crippen MR) is 79.1 cm³/mol. The lowest BCUT2D eigenvalue weighted by Crippen LogP contribution is -2.32. The van der Waals surface area contributed by atoms with E-state index < -0.39 is 12.1 Å². The summed E-state index contributed by atoms with van der Waals surface area (Å²) in [5.41, 5.74) is 0. The summed E-state index contributed by atoms with van der Waals surface area (Å²) in [6.45, 7) is 1.22. The molecule has 9 heteroatoms. The first kappa shape index (κ1) is 15.4. The minimum Gasteiger partial charge on any atom is -0.349 e. The van der Waals surface area contributed by atoms with E-state index in [4.69, 9.17) is 0 Å². The van der Waals surface area contributed by atoms with Crippen molar-refractivity contribution in [3.05, 3.63) is 11.6 Å². The smallest absolute Gasteiger partial charge is 0.322 e. The highest BCUT2D eigenvalue weighted by Gasteiger charge is 2.29. The van der Waals surface area contributed by atoms with Crippen LogP contribution in [0.15, 0.2) is 0 Å². The van der Waals surface area contributed by atoms with E-state index in [1.54, 1.807) is 0 Å². The van der Waals surface area contributed by atoms with Crippen molar-refractivity contribution in [2.75, 3.05) is 0 Å². The summed E-state index contributed by atoms with van der Waals surface area (Å²) in [6, 6.07) is -1.14. The summed E-state index contributed by atoms with van der Waals surface area (Å²) >= 11 is 0. The molecule has 23 heavy (non-hydrogen) atoms. The van der Waals surface area contributed by atoms with Gasteiger partial charge in [-0.1, -0.05) is 6.42 Å². The van der Waals surface area contributed by atoms with Gasteiger partial charge in [-0.25, -0.2) is 4.79 Å². The number of nitrogens with one attached hydrogen (secondary N) is 3. The molecule has 1 fully saturated rings. The Balaban J connectivity index is 1.47. The quantitative estimate of drug-likeness (QED) is 0.639. The van der Waals surface area contributed by atoms with E-state index in [0.29, 0.717) is 6.54 Å². The zero-order valence-electron chi connectivity index (χ0n) is 12.8. The van der Waals surface area contributed by atoms with Crippen LogP contribution < -0.4 is 16.0 Å². The maximum Gasteiger partial charge on any atom is 0.322 e. The minimum atomic E-state index is -0.627. The monoisotopic (exact) mass is 320 g/mol. The largest absolute Gasteiger partial charge is 0.349 e. The average Bonchev–Trinajstić information content (AvgIpc) is 2.96. The molecule has 4 amide bonds. The molecule has 124 valence electrons. The Morgan fingerprint density at radius 3 is 2.91 bits per heavy atom. The number of hydrogen-bond donors (Lipinski definition) is 3. The van der Waals surface area contributed by atoms with Crippen LogP contribution in [0.5, 0.6) is 0 Å². The molecule has 1 aromatic rings. The SMILES string of the molecule is O=C(CCC1NC(=O)NC1=O)NCc1nnc2n1CCCCC2. The van der Waals surface area contributed by atoms with Gasteiger partial charge in [-0.05, 0) is 19.3 Å². The van der Waals surface area contributed by atoms with Crippen molar-refractivity contribution in [2.24, 2.45) is 0 Å². The minimum absolute atomic E-state index is 0.166. The van der Waals surface area contributed by atoms with Crippen LogP contribution >= 0.6 is 0 Å². The van der Waals surface area contributed by atoms with Crippen LogP contribution in [0.3, 0.4) is 0 Å². The molecule has 0 aliphatic carbocycles. The second-order valence-corrected chi connectivity index (χ2v) is 5.83. The van der Waals surface area contributed by atoms with Gasteiger partial charge in [0.2, 0.25) is 5.91 Å². The number of carbonyl (C=O) groups excluding carboxylic acids is 3. The lowest BCUT2D eigenvalue weighted by Gasteiger charge is -2.09. The summed E-state index contributed by atoms with van der Waals surface area (Å²) in [5, 5.41) is 15.7. The van der Waals surface area contributed by atoms with Gasteiger partial charge in [0.15, 0.2) is 5.82 Å². The fraction of sp³-hybridized carbons (Fsp3) is 0.643. The number of nitrogens with zero attached hydrogens (tertiary/aromatic N) is 3. The third-order valence-electron chi connectivity index (χ3n) is 4.15. The molecule has 1 saturated heterocycles. The van der Waals surface area contributed by atoms with Crippen molar-refractivity contribution in [1.82, 2.24) is 30.7 Å². The van der Waals surface area contributed by atoms with Crippen LogP contribution in [0.4, 0.5) is 4.79 Å². The first-order valence-electron chi connectivity index (χ1n) is 7.92. The molecule has 3 rings (SSSR count). The first-order chi connectivity index (χ1) is 11.1. The number of rotatable bonds is 5. The molecule has 3 N–H and O–H groups in total. The van der Waals surface area contributed by atoms with E-state index in [1.807, 2.05) is 0 Å². The molecule has 9 nitrogen and oxygen atoms in total. The average molecular weight is 320 g/mol. The molecule has 1 atom stereocenters. The van der Waals surface area contributed by atoms with E-state index in [2.05, 4.69) is 30.7 Å². The molecule has 1 aromatic heterocycles. The zero-order chi connectivity index (χ0) is 16.2. The van der Waals surface area contributed by atoms with Crippen molar-refractivity contribution in [1.29, 1.82) is 0 Å². The number of amides is 4. The second kappa shape index (κ2) is 6.76. The van der Waals surface area contributed by atoms with Crippen molar-refractivity contribution in [2.45, 2.75) is 57.7 Å². The Kier molecular flexibility index (Phi) is 4.54. The van der Waals surface area contributed by atoms with Crippen LogP contribution in [0.25, 0.3) is 0 Å². The second-order valence-electron chi connectivity index (χ2n) is 5.83. The maximum atomic E-state index is 11.9. The zero-order valence-corrected chi connectivity index (χ0v) is 12.8. The van der Waals surface area contributed by atoms with Gasteiger partial charge < -0.3 is 15.2 Å². The molecular formula is C14H20N6O3. The van der Waals surface area contributed by atoms with Crippen LogP contribution in [0.2, 0.25) is 0 Å². The fourth-order valence-electron chi connectivity index (χ4n) is 2.88. The normalized spacial score (nSPS) is 20.4. The maximum absolute atomic E-state index is 11.9. The van der Waals surface area contributed by atoms with Gasteiger partial charge in [0, 0.05) is 19.4 Å². The van der Waals surface area contributed by atoms with E-state index in [1.165, 1.54) is 6.42 Å². The molecule has 0 aromatic carbocycles. The topological polar surface area (TPSA) is 118 Å². The third-order valence-corrected chi connectivity index (χ3v) is 4.15. The Bertz CT molecular complexity index is 626. The Morgan fingerprint density at radius 1 is 1.26 bits per heavy atom. The fourth-order valence-corrected chi connectivity index (χ4v) is 2.88. The number of hydrogen-bond acceptors (Lipinski definition) is 5. The lowest BCUT2D eigenvalue weighted by molar-refractivity contribution is -0.122. The number of aromatic nitrogens is 3. The first-order valence-corrected chi connectivity index (χ1v) is 7.92. The molecular weight excluding hydrogens is 300 g/mol. The van der Waals surface area contributed by atoms with Crippen LogP contribution in [-0.4, -0.2) is 38.7 Å². The highest BCUT2D eigenvalue weighted by Crippen LogP contribution is 2.14. The summed E-state index contributed by atoms with van der Waals surface area (Å²) in [4.78, 5) is 34.3. The highest BCUT2D eigenvalue weighted by molar-refractivity contribution is 6.04. The van der Waals surface area contributed by atoms with E-state index in [-0.39, 0.29) is 24.7 Å². The summed E-state index contributed by atoms with van der Waals surface area (Å²) in [7, 11) is 0. The van der Waals surface area contributed by atoms with Gasteiger partial charge in [0.1, 0.15) is 11.9 Å². The molecule has 2 aliphatic rings. The van der Waals surface area contributed by atoms with Crippen LogP contribution in [0.1, 0.15) is 43.8 Å². The molecule has 0 radical (unpaired) electrons. The molecule has 1 unspecified atom stereocenters. The van der Waals surface area contributed by atoms with Gasteiger partial charge in [-0.2, -0.15) is 0 Å². The Morgan fingerprint density at radius 2 is 2.13 bits per heavy atom. The number of carbonyl (C=O) groups is 3. The van der Waals surface area contributed by atoms with E-state index in [0.717, 1.165) is 37.5 Å². The van der Waals surface area contributed by atoms with Crippen molar-refractivity contribution in [3.63, 3.8) is 0 Å².